The highest BCUT2D eigenvalue weighted by Crippen LogP contribution is 2.50. The lowest BCUT2D eigenvalue weighted by Gasteiger charge is -2.16. The zero-order valence-corrected chi connectivity index (χ0v) is 25.4. The average molecular weight is 605 g/mol. The van der Waals surface area contributed by atoms with E-state index in [1.807, 2.05) is 48.2 Å². The van der Waals surface area contributed by atoms with E-state index in [9.17, 15) is 0 Å². The Bertz CT molecular complexity index is 2600. The summed E-state index contributed by atoms with van der Waals surface area (Å²) >= 11 is 1.86. The molecule has 0 spiro atoms. The molecule has 3 heterocycles. The first-order valence-electron chi connectivity index (χ1n) is 15.4. The van der Waals surface area contributed by atoms with Gasteiger partial charge in [-0.25, -0.2) is 15.0 Å². The van der Waals surface area contributed by atoms with Gasteiger partial charge >= 0.3 is 0 Å². The van der Waals surface area contributed by atoms with Crippen LogP contribution >= 0.6 is 11.8 Å². The van der Waals surface area contributed by atoms with Gasteiger partial charge in [-0.05, 0) is 52.6 Å². The molecule has 0 saturated carbocycles. The number of hydrogen-bond donors (Lipinski definition) is 0. The summed E-state index contributed by atoms with van der Waals surface area (Å²) in [6.07, 6.45) is 0. The molecule has 9 aromatic rings. The topological polar surface area (TPSA) is 43.6 Å². The Morgan fingerprint density at radius 3 is 1.70 bits per heavy atom. The maximum absolute atomic E-state index is 5.17. The van der Waals surface area contributed by atoms with E-state index < -0.39 is 0 Å². The maximum atomic E-state index is 5.17. The van der Waals surface area contributed by atoms with Gasteiger partial charge in [0.2, 0.25) is 0 Å². The molecule has 46 heavy (non-hydrogen) atoms. The fraction of sp³-hybridized carbons (Fsp3) is 0. The van der Waals surface area contributed by atoms with E-state index in [0.29, 0.717) is 17.5 Å². The second-order valence-electron chi connectivity index (χ2n) is 11.7. The molecule has 2 aromatic heterocycles. The van der Waals surface area contributed by atoms with Gasteiger partial charge < -0.3 is 4.57 Å². The van der Waals surface area contributed by atoms with Crippen LogP contribution in [0.4, 0.5) is 0 Å². The minimum Gasteiger partial charge on any atom is -0.308 e. The fourth-order valence-corrected chi connectivity index (χ4v) is 8.09. The Hall–Kier alpha value is -5.78. The summed E-state index contributed by atoms with van der Waals surface area (Å²) in [4.78, 5) is 17.9. The van der Waals surface area contributed by atoms with Gasteiger partial charge in [0, 0.05) is 42.6 Å². The van der Waals surface area contributed by atoms with Gasteiger partial charge in [0.05, 0.1) is 16.7 Å². The number of hydrogen-bond acceptors (Lipinski definition) is 4. The Labute approximate surface area is 269 Å². The molecule has 7 aromatic carbocycles. The lowest BCUT2D eigenvalue weighted by atomic mass is 10.0. The van der Waals surface area contributed by atoms with Crippen LogP contribution in [0, 0.1) is 0 Å². The molecule has 0 radical (unpaired) electrons. The number of fused-ring (bicyclic) bond motifs is 1. The molecule has 0 fully saturated rings. The Balaban J connectivity index is 1.34. The second kappa shape index (κ2) is 9.86. The molecular weight excluding hydrogens is 581 g/mol. The lowest BCUT2D eigenvalue weighted by Crippen LogP contribution is -2.04. The van der Waals surface area contributed by atoms with Crippen LogP contribution in [0.2, 0.25) is 0 Å². The number of rotatable bonds is 4. The first-order chi connectivity index (χ1) is 22.8. The molecule has 0 unspecified atom stereocenters. The van der Waals surface area contributed by atoms with Gasteiger partial charge in [0.1, 0.15) is 0 Å². The smallest absolute Gasteiger partial charge is 0.166 e. The fourth-order valence-electron chi connectivity index (χ4n) is 6.93. The third-order valence-electron chi connectivity index (χ3n) is 8.99. The van der Waals surface area contributed by atoms with E-state index in [0.717, 1.165) is 27.8 Å². The molecule has 0 atom stereocenters. The van der Waals surface area contributed by atoms with Gasteiger partial charge in [-0.3, -0.25) is 0 Å². The standard InChI is InChI=1S/C41H24N4S/c1-3-11-26(12-4-1)39-42-40(27-13-5-2-6-14-27)44-41(43-39)30-23-28-15-7-8-16-29(28)24-33(30)45-31-18-10-20-35-37(31)38-32(45)22-21-25-17-9-19-34(46-35)36(25)38/h1-24H. The van der Waals surface area contributed by atoms with Crippen LogP contribution in [-0.2, 0) is 0 Å². The van der Waals surface area contributed by atoms with E-state index in [4.69, 9.17) is 15.0 Å². The average Bonchev–Trinajstić information content (AvgIpc) is 3.47. The summed E-state index contributed by atoms with van der Waals surface area (Å²) in [5.41, 5.74) is 6.27. The Morgan fingerprint density at radius 2 is 0.978 bits per heavy atom. The third kappa shape index (κ3) is 3.79. The van der Waals surface area contributed by atoms with Crippen LogP contribution in [0.1, 0.15) is 0 Å². The predicted octanol–water partition coefficient (Wildman–Crippen LogP) is 10.7. The van der Waals surface area contributed by atoms with Crippen molar-refractivity contribution in [2.24, 2.45) is 0 Å². The molecule has 4 nitrogen and oxygen atoms in total. The van der Waals surface area contributed by atoms with Crippen LogP contribution in [0.3, 0.4) is 0 Å². The zero-order chi connectivity index (χ0) is 30.2. The largest absolute Gasteiger partial charge is 0.308 e. The van der Waals surface area contributed by atoms with Crippen LogP contribution in [0.15, 0.2) is 155 Å². The lowest BCUT2D eigenvalue weighted by molar-refractivity contribution is 1.07. The minimum absolute atomic E-state index is 0.644. The van der Waals surface area contributed by atoms with Gasteiger partial charge in [0.25, 0.3) is 0 Å². The number of nitrogens with zero attached hydrogens (tertiary/aromatic N) is 4. The molecule has 0 N–H and O–H groups in total. The summed E-state index contributed by atoms with van der Waals surface area (Å²) in [6.45, 7) is 0. The van der Waals surface area contributed by atoms with E-state index in [2.05, 4.69) is 114 Å². The number of benzene rings is 7. The van der Waals surface area contributed by atoms with Crippen molar-refractivity contribution in [1.82, 2.24) is 19.5 Å². The maximum Gasteiger partial charge on any atom is 0.166 e. The molecular formula is C41H24N4S. The van der Waals surface area contributed by atoms with Gasteiger partial charge in [-0.1, -0.05) is 121 Å². The van der Waals surface area contributed by atoms with E-state index in [1.165, 1.54) is 47.8 Å². The van der Waals surface area contributed by atoms with Crippen molar-refractivity contribution < 1.29 is 0 Å². The van der Waals surface area contributed by atoms with Crippen molar-refractivity contribution >= 4 is 55.1 Å². The summed E-state index contributed by atoms with van der Waals surface area (Å²) in [6, 6.07) is 51.2. The van der Waals surface area contributed by atoms with Crippen molar-refractivity contribution in [2.75, 3.05) is 0 Å². The van der Waals surface area contributed by atoms with Crippen molar-refractivity contribution in [1.29, 1.82) is 0 Å². The Kier molecular flexibility index (Phi) is 5.47. The van der Waals surface area contributed by atoms with Crippen LogP contribution in [-0.4, -0.2) is 19.5 Å². The highest BCUT2D eigenvalue weighted by atomic mass is 32.2. The molecule has 0 saturated heterocycles. The highest BCUT2D eigenvalue weighted by molar-refractivity contribution is 8.00. The summed E-state index contributed by atoms with van der Waals surface area (Å²) in [5, 5.41) is 7.51. The van der Waals surface area contributed by atoms with E-state index in [-0.39, 0.29) is 0 Å². The van der Waals surface area contributed by atoms with Crippen LogP contribution in [0.5, 0.6) is 0 Å². The van der Waals surface area contributed by atoms with Crippen molar-refractivity contribution in [2.45, 2.75) is 9.79 Å². The molecule has 0 amide bonds. The summed E-state index contributed by atoms with van der Waals surface area (Å²) < 4.78 is 2.42. The summed E-state index contributed by atoms with van der Waals surface area (Å²) in [7, 11) is 0. The normalized spacial score (nSPS) is 12.3. The zero-order valence-electron chi connectivity index (χ0n) is 24.6. The quantitative estimate of drug-likeness (QED) is 0.200. The first kappa shape index (κ1) is 25.5. The predicted molar refractivity (Wildman–Crippen MR) is 190 cm³/mol. The minimum atomic E-state index is 0.644. The van der Waals surface area contributed by atoms with E-state index in [1.54, 1.807) is 0 Å². The highest BCUT2D eigenvalue weighted by Gasteiger charge is 2.25. The first-order valence-corrected chi connectivity index (χ1v) is 16.2. The molecule has 1 aliphatic heterocycles. The molecule has 0 aliphatic carbocycles. The van der Waals surface area contributed by atoms with Crippen LogP contribution < -0.4 is 0 Å². The van der Waals surface area contributed by atoms with Crippen molar-refractivity contribution in [3.05, 3.63) is 146 Å². The second-order valence-corrected chi connectivity index (χ2v) is 12.7. The molecule has 214 valence electrons. The van der Waals surface area contributed by atoms with Gasteiger partial charge in [-0.2, -0.15) is 0 Å². The number of aromatic nitrogens is 4. The molecule has 5 heteroatoms. The third-order valence-corrected chi connectivity index (χ3v) is 10.1. The Morgan fingerprint density at radius 1 is 0.413 bits per heavy atom. The van der Waals surface area contributed by atoms with Gasteiger partial charge in [-0.15, -0.1) is 0 Å². The van der Waals surface area contributed by atoms with Gasteiger partial charge in [0.15, 0.2) is 17.5 Å². The molecule has 0 bridgehead atoms. The molecule has 1 aliphatic rings. The molecule has 10 rings (SSSR count). The van der Waals surface area contributed by atoms with Crippen molar-refractivity contribution in [3.63, 3.8) is 0 Å². The van der Waals surface area contributed by atoms with E-state index >= 15 is 0 Å². The summed E-state index contributed by atoms with van der Waals surface area (Å²) in [5.74, 6) is 1.95. The SMILES string of the molecule is c1ccc(-c2nc(-c3ccccc3)nc(-c3cc4ccccc4cc3-n3c4cccc5c4c4c6c(cccc6ccc43)S5)n2)cc1. The monoisotopic (exact) mass is 604 g/mol. The van der Waals surface area contributed by atoms with Crippen molar-refractivity contribution in [3.8, 4) is 39.9 Å². The van der Waals surface area contributed by atoms with Crippen LogP contribution in [0.25, 0.3) is 83.2 Å².